The van der Waals surface area contributed by atoms with Crippen LogP contribution in [0.3, 0.4) is 0 Å². The zero-order chi connectivity index (χ0) is 13.1. The highest BCUT2D eigenvalue weighted by atomic mass is 35.5. The highest BCUT2D eigenvalue weighted by molar-refractivity contribution is 6.30. The van der Waals surface area contributed by atoms with Crippen molar-refractivity contribution in [1.82, 2.24) is 4.90 Å². The fourth-order valence-corrected chi connectivity index (χ4v) is 3.05. The van der Waals surface area contributed by atoms with E-state index in [4.69, 9.17) is 11.6 Å². The van der Waals surface area contributed by atoms with Gasteiger partial charge in [0.05, 0.1) is 0 Å². The summed E-state index contributed by atoms with van der Waals surface area (Å²) in [6, 6.07) is 9.58. The van der Waals surface area contributed by atoms with E-state index in [0.717, 1.165) is 18.7 Å². The predicted octanol–water partition coefficient (Wildman–Crippen LogP) is 3.47. The van der Waals surface area contributed by atoms with Crippen LogP contribution in [0, 0.1) is 11.8 Å². The van der Waals surface area contributed by atoms with Gasteiger partial charge < -0.3 is 4.90 Å². The first-order valence-electron chi connectivity index (χ1n) is 6.55. The normalized spacial score (nSPS) is 25.8. The lowest BCUT2D eigenvalue weighted by Crippen LogP contribution is -2.43. The minimum atomic E-state index is -0.552. The van der Waals surface area contributed by atoms with E-state index in [1.54, 1.807) is 0 Å². The smallest absolute Gasteiger partial charge is 0.245 e. The standard InChI is InChI=1S/C15H20ClNO/c1-11-8-12(2)10-17(9-11)15(18)14(16)13-6-4-3-5-7-13/h3-7,11-12,14H,8-10H2,1-2H3. The van der Waals surface area contributed by atoms with E-state index >= 15 is 0 Å². The first-order valence-corrected chi connectivity index (χ1v) is 6.99. The monoisotopic (exact) mass is 265 g/mol. The van der Waals surface area contributed by atoms with Gasteiger partial charge in [-0.3, -0.25) is 4.79 Å². The summed E-state index contributed by atoms with van der Waals surface area (Å²) in [6.07, 6.45) is 1.20. The average molecular weight is 266 g/mol. The molecule has 98 valence electrons. The molecule has 1 aliphatic rings. The maximum Gasteiger partial charge on any atom is 0.245 e. The van der Waals surface area contributed by atoms with Crippen LogP contribution in [0.2, 0.25) is 0 Å². The molecule has 2 nitrogen and oxygen atoms in total. The van der Waals surface area contributed by atoms with Crippen LogP contribution in [-0.4, -0.2) is 23.9 Å². The molecule has 0 bridgehead atoms. The molecule has 0 radical (unpaired) electrons. The summed E-state index contributed by atoms with van der Waals surface area (Å²) < 4.78 is 0. The molecule has 0 spiro atoms. The first kappa shape index (κ1) is 13.4. The van der Waals surface area contributed by atoms with Crippen LogP contribution < -0.4 is 0 Å². The molecular formula is C15H20ClNO. The summed E-state index contributed by atoms with van der Waals surface area (Å²) in [6.45, 7) is 6.06. The Labute approximate surface area is 114 Å². The van der Waals surface area contributed by atoms with Gasteiger partial charge in [-0.05, 0) is 23.8 Å². The minimum absolute atomic E-state index is 0.0428. The molecule has 18 heavy (non-hydrogen) atoms. The molecule has 0 aliphatic carbocycles. The Bertz CT molecular complexity index is 396. The van der Waals surface area contributed by atoms with Crippen molar-refractivity contribution in [3.05, 3.63) is 35.9 Å². The van der Waals surface area contributed by atoms with E-state index in [1.807, 2.05) is 35.2 Å². The predicted molar refractivity (Wildman–Crippen MR) is 74.6 cm³/mol. The molecule has 1 aliphatic heterocycles. The summed E-state index contributed by atoms with van der Waals surface area (Å²) in [4.78, 5) is 14.3. The molecule has 0 N–H and O–H groups in total. The zero-order valence-electron chi connectivity index (χ0n) is 11.0. The average Bonchev–Trinajstić information content (AvgIpc) is 2.37. The van der Waals surface area contributed by atoms with Crippen molar-refractivity contribution in [2.24, 2.45) is 11.8 Å². The highest BCUT2D eigenvalue weighted by Crippen LogP contribution is 2.27. The van der Waals surface area contributed by atoms with Gasteiger partial charge in [-0.15, -0.1) is 11.6 Å². The SMILES string of the molecule is CC1CC(C)CN(C(=O)C(Cl)c2ccccc2)C1. The molecule has 3 heteroatoms. The van der Waals surface area contributed by atoms with E-state index in [-0.39, 0.29) is 5.91 Å². The van der Waals surface area contributed by atoms with Crippen molar-refractivity contribution in [2.45, 2.75) is 25.6 Å². The van der Waals surface area contributed by atoms with Crippen LogP contribution in [0.4, 0.5) is 0 Å². The van der Waals surface area contributed by atoms with E-state index in [9.17, 15) is 4.79 Å². The Hall–Kier alpha value is -1.02. The molecule has 0 aromatic heterocycles. The van der Waals surface area contributed by atoms with E-state index in [1.165, 1.54) is 6.42 Å². The van der Waals surface area contributed by atoms with Crippen molar-refractivity contribution in [2.75, 3.05) is 13.1 Å². The lowest BCUT2D eigenvalue weighted by molar-refractivity contribution is -0.133. The summed E-state index contributed by atoms with van der Waals surface area (Å²) in [5.41, 5.74) is 0.884. The Balaban J connectivity index is 2.07. The second-order valence-electron chi connectivity index (χ2n) is 5.46. The molecule has 3 unspecified atom stereocenters. The van der Waals surface area contributed by atoms with Gasteiger partial charge >= 0.3 is 0 Å². The Morgan fingerprint density at radius 2 is 1.78 bits per heavy atom. The number of carbonyl (C=O) groups excluding carboxylic acids is 1. The second kappa shape index (κ2) is 5.75. The lowest BCUT2D eigenvalue weighted by atomic mass is 9.91. The highest BCUT2D eigenvalue weighted by Gasteiger charge is 2.29. The fourth-order valence-electron chi connectivity index (χ4n) is 2.77. The number of amides is 1. The molecule has 1 saturated heterocycles. The van der Waals surface area contributed by atoms with Crippen molar-refractivity contribution < 1.29 is 4.79 Å². The first-order chi connectivity index (χ1) is 8.58. The van der Waals surface area contributed by atoms with Crippen LogP contribution in [0.15, 0.2) is 30.3 Å². The number of hydrogen-bond donors (Lipinski definition) is 0. The van der Waals surface area contributed by atoms with Crippen LogP contribution in [-0.2, 0) is 4.79 Å². The summed E-state index contributed by atoms with van der Waals surface area (Å²) in [5.74, 6) is 1.18. The number of nitrogens with zero attached hydrogens (tertiary/aromatic N) is 1. The maximum atomic E-state index is 12.4. The topological polar surface area (TPSA) is 20.3 Å². The Morgan fingerprint density at radius 3 is 2.33 bits per heavy atom. The van der Waals surface area contributed by atoms with E-state index < -0.39 is 5.38 Å². The number of rotatable bonds is 2. The summed E-state index contributed by atoms with van der Waals surface area (Å²) >= 11 is 6.29. The van der Waals surface area contributed by atoms with Crippen LogP contribution in [0.1, 0.15) is 31.2 Å². The Kier molecular flexibility index (Phi) is 4.28. The number of likely N-dealkylation sites (tertiary alicyclic amines) is 1. The van der Waals surface area contributed by atoms with Gasteiger partial charge in [0.25, 0.3) is 0 Å². The largest absolute Gasteiger partial charge is 0.341 e. The number of carbonyl (C=O) groups is 1. The van der Waals surface area contributed by atoms with Crippen LogP contribution >= 0.6 is 11.6 Å². The van der Waals surface area contributed by atoms with Crippen molar-refractivity contribution in [3.8, 4) is 0 Å². The number of benzene rings is 1. The van der Waals surface area contributed by atoms with Gasteiger partial charge in [0.1, 0.15) is 5.38 Å². The van der Waals surface area contributed by atoms with Crippen LogP contribution in [0.5, 0.6) is 0 Å². The second-order valence-corrected chi connectivity index (χ2v) is 5.90. The van der Waals surface area contributed by atoms with Gasteiger partial charge in [-0.2, -0.15) is 0 Å². The van der Waals surface area contributed by atoms with Gasteiger partial charge in [0, 0.05) is 13.1 Å². The van der Waals surface area contributed by atoms with Crippen molar-refractivity contribution in [3.63, 3.8) is 0 Å². The molecule has 1 fully saturated rings. The number of halogens is 1. The fraction of sp³-hybridized carbons (Fsp3) is 0.533. The molecule has 3 atom stereocenters. The molecule has 1 aromatic rings. The maximum absolute atomic E-state index is 12.4. The van der Waals surface area contributed by atoms with Crippen molar-refractivity contribution in [1.29, 1.82) is 0 Å². The third-order valence-corrected chi connectivity index (χ3v) is 3.93. The third kappa shape index (κ3) is 3.05. The molecule has 2 rings (SSSR count). The minimum Gasteiger partial charge on any atom is -0.341 e. The summed E-state index contributed by atoms with van der Waals surface area (Å²) in [7, 11) is 0. The van der Waals surface area contributed by atoms with Crippen molar-refractivity contribution >= 4 is 17.5 Å². The summed E-state index contributed by atoms with van der Waals surface area (Å²) in [5, 5.41) is -0.552. The van der Waals surface area contributed by atoms with Crippen LogP contribution in [0.25, 0.3) is 0 Å². The lowest BCUT2D eigenvalue weighted by Gasteiger charge is -2.36. The molecule has 1 amide bonds. The Morgan fingerprint density at radius 1 is 1.22 bits per heavy atom. The number of piperidine rings is 1. The van der Waals surface area contributed by atoms with Gasteiger partial charge in [-0.1, -0.05) is 44.2 Å². The molecule has 1 heterocycles. The zero-order valence-corrected chi connectivity index (χ0v) is 11.7. The van der Waals surface area contributed by atoms with E-state index in [0.29, 0.717) is 11.8 Å². The molecular weight excluding hydrogens is 246 g/mol. The van der Waals surface area contributed by atoms with E-state index in [2.05, 4.69) is 13.8 Å². The number of alkyl halides is 1. The molecule has 1 aromatic carbocycles. The quantitative estimate of drug-likeness (QED) is 0.750. The van der Waals surface area contributed by atoms with Gasteiger partial charge in [0.2, 0.25) is 5.91 Å². The molecule has 0 saturated carbocycles. The van der Waals surface area contributed by atoms with Gasteiger partial charge in [0.15, 0.2) is 0 Å². The third-order valence-electron chi connectivity index (χ3n) is 3.49. The van der Waals surface area contributed by atoms with Gasteiger partial charge in [-0.25, -0.2) is 0 Å². The number of hydrogen-bond acceptors (Lipinski definition) is 1.